The zero-order valence-electron chi connectivity index (χ0n) is 15.3. The number of piperidine rings is 1. The molecule has 4 unspecified atom stereocenters. The average molecular weight is 420 g/mol. The molecule has 0 radical (unpaired) electrons. The molecule has 1 saturated heterocycles. The summed E-state index contributed by atoms with van der Waals surface area (Å²) in [6, 6.07) is 6.73. The molecule has 1 amide bonds. The van der Waals surface area contributed by atoms with Crippen LogP contribution in [0.5, 0.6) is 0 Å². The monoisotopic (exact) mass is 419 g/mol. The maximum Gasteiger partial charge on any atom is 0.224 e. The molecule has 4 atom stereocenters. The van der Waals surface area contributed by atoms with Crippen molar-refractivity contribution < 1.29 is 9.90 Å². The Bertz CT molecular complexity index is 830. The van der Waals surface area contributed by atoms with Crippen LogP contribution in [-0.4, -0.2) is 53.2 Å². The quantitative estimate of drug-likeness (QED) is 0.713. The van der Waals surface area contributed by atoms with Crippen molar-refractivity contribution in [3.8, 4) is 0 Å². The van der Waals surface area contributed by atoms with Gasteiger partial charge in [0.1, 0.15) is 0 Å². The van der Waals surface area contributed by atoms with Gasteiger partial charge in [-0.3, -0.25) is 4.79 Å². The van der Waals surface area contributed by atoms with E-state index in [2.05, 4.69) is 56.4 Å². The van der Waals surface area contributed by atoms with E-state index in [1.807, 2.05) is 6.92 Å². The third-order valence-electron chi connectivity index (χ3n) is 6.23. The number of rotatable bonds is 4. The van der Waals surface area contributed by atoms with Crippen molar-refractivity contribution >= 4 is 32.7 Å². The second-order valence-electron chi connectivity index (χ2n) is 7.73. The number of likely N-dealkylation sites (N-methyl/N-ethyl adjacent to an activating group) is 1. The van der Waals surface area contributed by atoms with E-state index >= 15 is 0 Å². The third kappa shape index (κ3) is 2.88. The number of hydrogen-bond acceptors (Lipinski definition) is 3. The van der Waals surface area contributed by atoms with Crippen molar-refractivity contribution in [1.82, 2.24) is 15.2 Å². The number of aliphatic hydroxyl groups excluding tert-OH is 1. The smallest absolute Gasteiger partial charge is 0.224 e. The number of hydrogen-bond donors (Lipinski definition) is 3. The first kappa shape index (κ1) is 18.0. The number of aliphatic hydroxyl groups is 1. The van der Waals surface area contributed by atoms with Crippen LogP contribution in [-0.2, 0) is 11.2 Å². The van der Waals surface area contributed by atoms with Gasteiger partial charge in [-0.05, 0) is 59.4 Å². The minimum Gasteiger partial charge on any atom is -0.394 e. The molecule has 3 N–H and O–H groups in total. The lowest BCUT2D eigenvalue weighted by molar-refractivity contribution is -0.128. The van der Waals surface area contributed by atoms with Gasteiger partial charge in [0.2, 0.25) is 5.91 Å². The van der Waals surface area contributed by atoms with Gasteiger partial charge in [0.05, 0.1) is 23.2 Å². The van der Waals surface area contributed by atoms with Crippen molar-refractivity contribution in [2.24, 2.45) is 5.92 Å². The predicted octanol–water partition coefficient (Wildman–Crippen LogP) is 2.78. The average Bonchev–Trinajstić information content (AvgIpc) is 2.97. The van der Waals surface area contributed by atoms with Crippen LogP contribution in [0.4, 0.5) is 0 Å². The summed E-state index contributed by atoms with van der Waals surface area (Å²) in [7, 11) is 2.13. The minimum absolute atomic E-state index is 0.00308. The maximum absolute atomic E-state index is 12.8. The number of aromatic nitrogens is 1. The van der Waals surface area contributed by atoms with Crippen LogP contribution in [0.2, 0.25) is 0 Å². The van der Waals surface area contributed by atoms with E-state index < -0.39 is 0 Å². The molecule has 1 aromatic heterocycles. The first-order valence-corrected chi connectivity index (χ1v) is 10.2. The van der Waals surface area contributed by atoms with Gasteiger partial charge >= 0.3 is 0 Å². The molecular formula is C20H26BrN3O2. The Labute approximate surface area is 162 Å². The zero-order chi connectivity index (χ0) is 18.4. The van der Waals surface area contributed by atoms with E-state index in [4.69, 9.17) is 0 Å². The van der Waals surface area contributed by atoms with Gasteiger partial charge in [0, 0.05) is 29.4 Å². The summed E-state index contributed by atoms with van der Waals surface area (Å²) in [4.78, 5) is 18.6. The predicted molar refractivity (Wildman–Crippen MR) is 106 cm³/mol. The number of likely N-dealkylation sites (tertiary alicyclic amines) is 1. The number of halogens is 1. The lowest BCUT2D eigenvalue weighted by Gasteiger charge is -2.45. The minimum atomic E-state index is -0.146. The molecule has 1 aromatic carbocycles. The Balaban J connectivity index is 1.65. The van der Waals surface area contributed by atoms with Gasteiger partial charge in [-0.1, -0.05) is 19.1 Å². The normalized spacial score (nSPS) is 26.5. The van der Waals surface area contributed by atoms with E-state index in [1.54, 1.807) is 0 Å². The number of carbonyl (C=O) groups is 1. The molecule has 1 aliphatic heterocycles. The topological polar surface area (TPSA) is 68.4 Å². The SMILES string of the molecule is CCC(CO)NC(=O)C1CC2c3cccc4[nH]c(Br)c(c34)CC2N(C)C1. The van der Waals surface area contributed by atoms with E-state index in [9.17, 15) is 9.90 Å². The Kier molecular flexibility index (Phi) is 4.84. The fourth-order valence-electron chi connectivity index (χ4n) is 4.77. The molecule has 0 bridgehead atoms. The van der Waals surface area contributed by atoms with Crippen molar-refractivity contribution in [1.29, 1.82) is 0 Å². The summed E-state index contributed by atoms with van der Waals surface area (Å²) in [5, 5.41) is 13.7. The standard InChI is InChI=1S/C20H26BrN3O2/c1-3-12(10-25)22-20(26)11-7-14-13-5-4-6-16-18(13)15(19(21)23-16)8-17(14)24(2)9-11/h4-6,11-12,14,17,23,25H,3,7-10H2,1-2H3,(H,22,26). The molecule has 2 aromatic rings. The van der Waals surface area contributed by atoms with Gasteiger partial charge in [-0.2, -0.15) is 0 Å². The molecule has 6 heteroatoms. The third-order valence-corrected chi connectivity index (χ3v) is 6.91. The number of nitrogens with zero attached hydrogens (tertiary/aromatic N) is 1. The number of amides is 1. The van der Waals surface area contributed by atoms with E-state index in [1.165, 1.54) is 22.0 Å². The highest BCUT2D eigenvalue weighted by molar-refractivity contribution is 9.10. The second kappa shape index (κ2) is 6.98. The Morgan fingerprint density at radius 1 is 1.50 bits per heavy atom. The lowest BCUT2D eigenvalue weighted by Crippen LogP contribution is -2.52. The van der Waals surface area contributed by atoms with Crippen LogP contribution in [0.1, 0.15) is 36.8 Å². The van der Waals surface area contributed by atoms with E-state index in [0.29, 0.717) is 12.0 Å². The molecule has 1 fully saturated rings. The second-order valence-corrected chi connectivity index (χ2v) is 8.53. The number of benzene rings is 1. The van der Waals surface area contributed by atoms with Crippen molar-refractivity contribution in [2.45, 2.75) is 44.2 Å². The fourth-order valence-corrected chi connectivity index (χ4v) is 5.34. The largest absolute Gasteiger partial charge is 0.394 e. The van der Waals surface area contributed by atoms with Crippen LogP contribution in [0.3, 0.4) is 0 Å². The van der Waals surface area contributed by atoms with Crippen LogP contribution in [0.15, 0.2) is 22.8 Å². The zero-order valence-corrected chi connectivity index (χ0v) is 16.8. The molecule has 2 aliphatic rings. The Hall–Kier alpha value is -1.37. The van der Waals surface area contributed by atoms with Crippen molar-refractivity contribution in [2.75, 3.05) is 20.2 Å². The number of aromatic amines is 1. The maximum atomic E-state index is 12.8. The molecule has 2 heterocycles. The molecule has 1 aliphatic carbocycles. The van der Waals surface area contributed by atoms with Gasteiger partial charge in [-0.15, -0.1) is 0 Å². The lowest BCUT2D eigenvalue weighted by atomic mass is 9.72. The van der Waals surface area contributed by atoms with Gasteiger partial charge in [-0.25, -0.2) is 0 Å². The number of carbonyl (C=O) groups excluding carboxylic acids is 1. The van der Waals surface area contributed by atoms with Crippen LogP contribution in [0, 0.1) is 5.92 Å². The summed E-state index contributed by atoms with van der Waals surface area (Å²) in [6.07, 6.45) is 2.61. The van der Waals surface area contributed by atoms with E-state index in [-0.39, 0.29) is 24.5 Å². The Morgan fingerprint density at radius 2 is 2.31 bits per heavy atom. The van der Waals surface area contributed by atoms with Gasteiger partial charge in [0.25, 0.3) is 0 Å². The summed E-state index contributed by atoms with van der Waals surface area (Å²) in [5.74, 6) is 0.392. The molecule has 5 nitrogen and oxygen atoms in total. The molecular weight excluding hydrogens is 394 g/mol. The first-order valence-electron chi connectivity index (χ1n) is 9.43. The van der Waals surface area contributed by atoms with Gasteiger partial charge < -0.3 is 20.3 Å². The molecule has 26 heavy (non-hydrogen) atoms. The van der Waals surface area contributed by atoms with Crippen molar-refractivity contribution in [3.05, 3.63) is 33.9 Å². The fraction of sp³-hybridized carbons (Fsp3) is 0.550. The highest BCUT2D eigenvalue weighted by atomic mass is 79.9. The molecule has 4 rings (SSSR count). The number of nitrogens with one attached hydrogen (secondary N) is 2. The summed E-state index contributed by atoms with van der Waals surface area (Å²) in [5.41, 5.74) is 3.88. The summed E-state index contributed by atoms with van der Waals surface area (Å²) in [6.45, 7) is 2.75. The van der Waals surface area contributed by atoms with Crippen LogP contribution < -0.4 is 5.32 Å². The molecule has 0 saturated carbocycles. The van der Waals surface area contributed by atoms with Crippen LogP contribution in [0.25, 0.3) is 10.9 Å². The number of fused-ring (bicyclic) bond motifs is 2. The number of H-pyrrole nitrogens is 1. The van der Waals surface area contributed by atoms with Crippen molar-refractivity contribution in [3.63, 3.8) is 0 Å². The first-order chi connectivity index (χ1) is 12.5. The highest BCUT2D eigenvalue weighted by Gasteiger charge is 2.42. The molecule has 140 valence electrons. The van der Waals surface area contributed by atoms with Gasteiger partial charge in [0.15, 0.2) is 0 Å². The van der Waals surface area contributed by atoms with E-state index in [0.717, 1.165) is 30.4 Å². The molecule has 0 spiro atoms. The Morgan fingerprint density at radius 3 is 3.04 bits per heavy atom. The highest BCUT2D eigenvalue weighted by Crippen LogP contribution is 2.46. The summed E-state index contributed by atoms with van der Waals surface area (Å²) >= 11 is 3.69. The summed E-state index contributed by atoms with van der Waals surface area (Å²) < 4.78 is 1.08. The van der Waals surface area contributed by atoms with Crippen LogP contribution >= 0.6 is 15.9 Å².